The predicted molar refractivity (Wildman–Crippen MR) is 59.2 cm³/mol. The largest absolute Gasteiger partial charge is 0.862 e. The molecule has 2 nitrogen and oxygen atoms in total. The van der Waals surface area contributed by atoms with Gasteiger partial charge in [0, 0.05) is 0 Å². The number of hydrogen-bond donors (Lipinski definition) is 1. The summed E-state index contributed by atoms with van der Waals surface area (Å²) in [5.74, 6) is -0.0157. The molecule has 0 amide bonds. The molecule has 0 saturated carbocycles. The summed E-state index contributed by atoms with van der Waals surface area (Å²) >= 11 is 0. The summed E-state index contributed by atoms with van der Waals surface area (Å²) in [7, 11) is 0. The van der Waals surface area contributed by atoms with Crippen LogP contribution in [0.1, 0.15) is 30.9 Å². The monoisotopic (exact) mass is 212 g/mol. The van der Waals surface area contributed by atoms with Crippen LogP contribution in [0.3, 0.4) is 0 Å². The van der Waals surface area contributed by atoms with E-state index in [1.165, 1.54) is 5.56 Å². The minimum Gasteiger partial charge on any atom is -0.862 e. The van der Waals surface area contributed by atoms with Crippen LogP contribution in [-0.2, 0) is 6.42 Å². The highest BCUT2D eigenvalue weighted by atomic mass is 35.5. The Morgan fingerprint density at radius 1 is 1.29 bits per heavy atom. The molecule has 0 aliphatic heterocycles. The van der Waals surface area contributed by atoms with E-state index in [1.54, 1.807) is 0 Å². The lowest BCUT2D eigenvalue weighted by atomic mass is 10.0. The molecule has 0 aliphatic carbocycles. The van der Waals surface area contributed by atoms with Gasteiger partial charge in [0.1, 0.15) is 0 Å². The van der Waals surface area contributed by atoms with Gasteiger partial charge in [0.15, 0.2) is 0 Å². The zero-order chi connectivity index (χ0) is 9.84. The molecule has 14 heavy (non-hydrogen) atoms. The third-order valence-corrected chi connectivity index (χ3v) is 2.01. The van der Waals surface area contributed by atoms with Gasteiger partial charge in [-0.1, -0.05) is 38.1 Å². The molecule has 0 unspecified atom stereocenters. The normalized spacial score (nSPS) is 9.64. The molecule has 1 aromatic carbocycles. The molecule has 0 aromatic heterocycles. The molecule has 0 saturated heterocycles. The summed E-state index contributed by atoms with van der Waals surface area (Å²) in [5.41, 5.74) is 2.19. The summed E-state index contributed by atoms with van der Waals surface area (Å²) in [4.78, 5) is 0. The Morgan fingerprint density at radius 3 is 2.14 bits per heavy atom. The molecular weight excluding hydrogens is 198 g/mol. The highest BCUT2D eigenvalue weighted by molar-refractivity contribution is 5.85. The van der Waals surface area contributed by atoms with E-state index in [4.69, 9.17) is 5.41 Å². The van der Waals surface area contributed by atoms with Crippen LogP contribution in [0.4, 0.5) is 0 Å². The summed E-state index contributed by atoms with van der Waals surface area (Å²) in [5, 5.41) is 17.3. The van der Waals surface area contributed by atoms with Gasteiger partial charge in [-0.15, -0.1) is 12.4 Å². The van der Waals surface area contributed by atoms with Crippen molar-refractivity contribution in [3.05, 3.63) is 35.4 Å². The second-order valence-corrected chi connectivity index (χ2v) is 3.50. The van der Waals surface area contributed by atoms with Gasteiger partial charge in [0.05, 0.1) is 0 Å². The first-order valence-electron chi connectivity index (χ1n) is 4.43. The van der Waals surface area contributed by atoms with Crippen molar-refractivity contribution in [1.82, 2.24) is 0 Å². The smallest absolute Gasteiger partial charge is 0.0000912 e. The van der Waals surface area contributed by atoms with Crippen LogP contribution in [0, 0.1) is 5.41 Å². The van der Waals surface area contributed by atoms with E-state index in [9.17, 15) is 5.11 Å². The van der Waals surface area contributed by atoms with Gasteiger partial charge in [0.2, 0.25) is 0 Å². The van der Waals surface area contributed by atoms with E-state index in [0.29, 0.717) is 5.92 Å². The second-order valence-electron chi connectivity index (χ2n) is 3.50. The third kappa shape index (κ3) is 3.79. The fourth-order valence-corrected chi connectivity index (χ4v) is 1.21. The van der Waals surface area contributed by atoms with Crippen LogP contribution in [0.25, 0.3) is 0 Å². The number of rotatable bonds is 3. The van der Waals surface area contributed by atoms with Crippen molar-refractivity contribution in [3.8, 4) is 0 Å². The molecule has 0 bridgehead atoms. The quantitative estimate of drug-likeness (QED) is 0.606. The molecule has 0 aliphatic rings. The second kappa shape index (κ2) is 5.66. The van der Waals surface area contributed by atoms with Crippen LogP contribution >= 0.6 is 12.4 Å². The lowest BCUT2D eigenvalue weighted by molar-refractivity contribution is -0.219. The molecule has 3 heteroatoms. The molecule has 0 atom stereocenters. The molecule has 0 radical (unpaired) electrons. The number of benzene rings is 1. The Bertz CT molecular complexity index is 293. The minimum atomic E-state index is -0.530. The molecule has 78 valence electrons. The van der Waals surface area contributed by atoms with E-state index in [2.05, 4.69) is 13.8 Å². The first kappa shape index (κ1) is 13.0. The first-order chi connectivity index (χ1) is 6.09. The van der Waals surface area contributed by atoms with Gasteiger partial charge in [0.25, 0.3) is 0 Å². The Morgan fingerprint density at radius 2 is 1.79 bits per heavy atom. The van der Waals surface area contributed by atoms with Crippen molar-refractivity contribution >= 4 is 18.3 Å². The van der Waals surface area contributed by atoms with Crippen molar-refractivity contribution < 1.29 is 5.11 Å². The predicted octanol–water partition coefficient (Wildman–Crippen LogP) is 2.11. The van der Waals surface area contributed by atoms with Gasteiger partial charge in [-0.25, -0.2) is 0 Å². The average molecular weight is 213 g/mol. The summed E-state index contributed by atoms with van der Waals surface area (Å²) in [6, 6.07) is 7.87. The molecular formula is C11H15ClNO-. The fourth-order valence-electron chi connectivity index (χ4n) is 1.21. The van der Waals surface area contributed by atoms with Crippen LogP contribution in [-0.4, -0.2) is 5.90 Å². The van der Waals surface area contributed by atoms with E-state index < -0.39 is 5.90 Å². The lowest BCUT2D eigenvalue weighted by Gasteiger charge is -2.09. The van der Waals surface area contributed by atoms with Gasteiger partial charge < -0.3 is 10.5 Å². The van der Waals surface area contributed by atoms with Crippen molar-refractivity contribution in [2.24, 2.45) is 0 Å². The van der Waals surface area contributed by atoms with Crippen molar-refractivity contribution in [2.75, 3.05) is 0 Å². The maximum atomic E-state index is 10.5. The van der Waals surface area contributed by atoms with Gasteiger partial charge >= 0.3 is 0 Å². The highest BCUT2D eigenvalue weighted by Gasteiger charge is 1.97. The van der Waals surface area contributed by atoms with E-state index in [1.807, 2.05) is 24.3 Å². The average Bonchev–Trinajstić information content (AvgIpc) is 2.04. The van der Waals surface area contributed by atoms with E-state index in [0.717, 1.165) is 5.56 Å². The van der Waals surface area contributed by atoms with Crippen molar-refractivity contribution in [2.45, 2.75) is 26.2 Å². The molecule has 1 aromatic rings. The molecule has 0 fully saturated rings. The molecule has 0 spiro atoms. The zero-order valence-electron chi connectivity index (χ0n) is 8.41. The number of halogens is 1. The Labute approximate surface area is 90.9 Å². The Hall–Kier alpha value is -1.02. The van der Waals surface area contributed by atoms with Gasteiger partial charge in [-0.05, 0) is 29.4 Å². The van der Waals surface area contributed by atoms with Crippen molar-refractivity contribution in [3.63, 3.8) is 0 Å². The zero-order valence-corrected chi connectivity index (χ0v) is 9.23. The summed E-state index contributed by atoms with van der Waals surface area (Å²) in [6.07, 6.45) is 0.221. The van der Waals surface area contributed by atoms with Crippen LogP contribution in [0.5, 0.6) is 0 Å². The highest BCUT2D eigenvalue weighted by Crippen LogP contribution is 2.14. The Kier molecular flexibility index (Phi) is 5.24. The van der Waals surface area contributed by atoms with E-state index in [-0.39, 0.29) is 18.8 Å². The fraction of sp³-hybridized carbons (Fsp3) is 0.364. The standard InChI is InChI=1S/C11H15NO.ClH/c1-8(2)10-5-3-9(4-6-10)7-11(12)13;/h3-6,8H,7H2,1-2H3,(H2,12,13);1H/p-1. The van der Waals surface area contributed by atoms with Gasteiger partial charge in [-0.2, -0.15) is 0 Å². The number of nitrogens with one attached hydrogen (secondary N) is 1. The molecule has 1 N–H and O–H groups in total. The maximum absolute atomic E-state index is 10.5. The summed E-state index contributed by atoms with van der Waals surface area (Å²) < 4.78 is 0. The SMILES string of the molecule is CC(C)c1ccc(CC(=N)[O-])cc1.Cl. The number of hydrogen-bond acceptors (Lipinski definition) is 2. The first-order valence-corrected chi connectivity index (χ1v) is 4.43. The van der Waals surface area contributed by atoms with Crippen LogP contribution in [0.2, 0.25) is 0 Å². The minimum absolute atomic E-state index is 0. The van der Waals surface area contributed by atoms with Crippen LogP contribution in [0.15, 0.2) is 24.3 Å². The third-order valence-electron chi connectivity index (χ3n) is 2.01. The van der Waals surface area contributed by atoms with Crippen LogP contribution < -0.4 is 5.11 Å². The van der Waals surface area contributed by atoms with E-state index >= 15 is 0 Å². The lowest BCUT2D eigenvalue weighted by Crippen LogP contribution is -2.18. The van der Waals surface area contributed by atoms with Crippen molar-refractivity contribution in [1.29, 1.82) is 5.41 Å². The molecule has 1 rings (SSSR count). The molecule has 0 heterocycles. The summed E-state index contributed by atoms with van der Waals surface area (Å²) in [6.45, 7) is 4.26. The maximum Gasteiger partial charge on any atom is -0.0000912 e. The topological polar surface area (TPSA) is 46.9 Å². The van der Waals surface area contributed by atoms with Gasteiger partial charge in [-0.3, -0.25) is 0 Å². The Balaban J connectivity index is 0.00000169.